The number of anilines is 1. The maximum absolute atomic E-state index is 11.9. The Morgan fingerprint density at radius 2 is 1.93 bits per heavy atom. The highest BCUT2D eigenvalue weighted by atomic mass is 32.2. The lowest BCUT2D eigenvalue weighted by Crippen LogP contribution is -2.37. The Balaban J connectivity index is 1.53. The predicted octanol–water partition coefficient (Wildman–Crippen LogP) is 4.12. The smallest absolute Gasteiger partial charge is 0.213 e. The summed E-state index contributed by atoms with van der Waals surface area (Å²) in [5, 5.41) is 4.14. The first kappa shape index (κ1) is 21.2. The largest absolute Gasteiger partial charge is 0.359 e. The second-order valence-corrected chi connectivity index (χ2v) is 11.5. The van der Waals surface area contributed by atoms with Crippen molar-refractivity contribution in [3.8, 4) is 11.4 Å². The van der Waals surface area contributed by atoms with Gasteiger partial charge in [-0.3, -0.25) is 4.98 Å². The van der Waals surface area contributed by atoms with Gasteiger partial charge in [0.05, 0.1) is 10.9 Å². The van der Waals surface area contributed by atoms with Gasteiger partial charge in [-0.2, -0.15) is 0 Å². The summed E-state index contributed by atoms with van der Waals surface area (Å²) in [5.41, 5.74) is 3.05. The molecule has 0 amide bonds. The van der Waals surface area contributed by atoms with Crippen LogP contribution in [0.3, 0.4) is 0 Å². The molecule has 2 heterocycles. The van der Waals surface area contributed by atoms with Crippen molar-refractivity contribution in [3.63, 3.8) is 0 Å². The highest BCUT2D eigenvalue weighted by molar-refractivity contribution is 7.90. The molecular formula is C20H30N4O2S2. The van der Waals surface area contributed by atoms with Gasteiger partial charge in [-0.15, -0.1) is 11.3 Å². The summed E-state index contributed by atoms with van der Waals surface area (Å²) >= 11 is 1.67. The minimum absolute atomic E-state index is 0.379. The van der Waals surface area contributed by atoms with Gasteiger partial charge in [0, 0.05) is 23.7 Å². The van der Waals surface area contributed by atoms with Crippen LogP contribution >= 0.6 is 11.3 Å². The molecular weight excluding hydrogens is 392 g/mol. The van der Waals surface area contributed by atoms with E-state index in [1.807, 2.05) is 12.3 Å². The number of aryl methyl sites for hydroxylation is 2. The van der Waals surface area contributed by atoms with E-state index in [9.17, 15) is 8.42 Å². The third kappa shape index (κ3) is 5.30. The van der Waals surface area contributed by atoms with Crippen LogP contribution in [-0.2, 0) is 10.0 Å². The van der Waals surface area contributed by atoms with Crippen molar-refractivity contribution >= 4 is 26.5 Å². The zero-order valence-electron chi connectivity index (χ0n) is 17.0. The molecule has 28 heavy (non-hydrogen) atoms. The van der Waals surface area contributed by atoms with Crippen molar-refractivity contribution in [1.29, 1.82) is 0 Å². The van der Waals surface area contributed by atoms with Gasteiger partial charge in [-0.05, 0) is 77.0 Å². The van der Waals surface area contributed by atoms with Crippen molar-refractivity contribution in [3.05, 3.63) is 28.8 Å². The van der Waals surface area contributed by atoms with E-state index < -0.39 is 10.0 Å². The molecule has 2 N–H and O–H groups in total. The van der Waals surface area contributed by atoms with Crippen LogP contribution in [0.2, 0.25) is 0 Å². The Bertz CT molecular complexity index is 901. The van der Waals surface area contributed by atoms with Crippen LogP contribution in [0.25, 0.3) is 11.4 Å². The number of hydrogen-bond acceptors (Lipinski definition) is 6. The zero-order valence-corrected chi connectivity index (χ0v) is 18.7. The minimum Gasteiger partial charge on any atom is -0.359 e. The summed E-state index contributed by atoms with van der Waals surface area (Å²) in [6.45, 7) is 8.11. The summed E-state index contributed by atoms with van der Waals surface area (Å²) in [6.07, 6.45) is 5.94. The number of nitrogens with one attached hydrogen (secondary N) is 2. The molecule has 0 radical (unpaired) electrons. The fourth-order valence-corrected chi connectivity index (χ4v) is 5.15. The van der Waals surface area contributed by atoms with Gasteiger partial charge in [0.2, 0.25) is 10.0 Å². The summed E-state index contributed by atoms with van der Waals surface area (Å²) in [7, 11) is -3.17. The van der Waals surface area contributed by atoms with Crippen molar-refractivity contribution in [1.82, 2.24) is 14.7 Å². The van der Waals surface area contributed by atoms with Gasteiger partial charge < -0.3 is 5.32 Å². The average molecular weight is 423 g/mol. The Morgan fingerprint density at radius 3 is 2.57 bits per heavy atom. The maximum atomic E-state index is 11.9. The molecule has 1 aliphatic carbocycles. The van der Waals surface area contributed by atoms with Crippen LogP contribution in [-0.4, -0.2) is 36.2 Å². The lowest BCUT2D eigenvalue weighted by Gasteiger charge is -2.29. The Kier molecular flexibility index (Phi) is 6.73. The molecule has 1 fully saturated rings. The first-order valence-electron chi connectivity index (χ1n) is 9.90. The average Bonchev–Trinajstić information content (AvgIpc) is 3.01. The molecule has 0 aromatic carbocycles. The van der Waals surface area contributed by atoms with Crippen molar-refractivity contribution < 1.29 is 8.42 Å². The standard InChI is InChI=1S/C20H30N4O2S2/c1-13(2)28(25,26)22-12-16-5-7-17(8-6-16)23-20-24-19(15(4)27-20)18-11-14(3)9-10-21-18/h9-11,13,16-17,22H,5-8,12H2,1-4H3,(H,23,24)/t16-,17-. The van der Waals surface area contributed by atoms with Gasteiger partial charge in [0.1, 0.15) is 5.69 Å². The zero-order chi connectivity index (χ0) is 20.3. The molecule has 2 aromatic rings. The van der Waals surface area contributed by atoms with Crippen LogP contribution < -0.4 is 10.0 Å². The molecule has 0 bridgehead atoms. The number of thiazole rings is 1. The van der Waals surface area contributed by atoms with Crippen molar-refractivity contribution in [2.45, 2.75) is 64.7 Å². The number of sulfonamides is 1. The fraction of sp³-hybridized carbons (Fsp3) is 0.600. The van der Waals surface area contributed by atoms with E-state index in [1.165, 1.54) is 5.56 Å². The normalized spacial score (nSPS) is 20.5. The quantitative estimate of drug-likeness (QED) is 0.701. The molecule has 154 valence electrons. The van der Waals surface area contributed by atoms with Gasteiger partial charge in [0.25, 0.3) is 0 Å². The van der Waals surface area contributed by atoms with Crippen LogP contribution in [0.5, 0.6) is 0 Å². The summed E-state index contributed by atoms with van der Waals surface area (Å²) in [6, 6.07) is 4.45. The topological polar surface area (TPSA) is 84.0 Å². The third-order valence-corrected chi connectivity index (χ3v) is 8.04. The van der Waals surface area contributed by atoms with Crippen LogP contribution in [0.15, 0.2) is 18.3 Å². The van der Waals surface area contributed by atoms with E-state index in [0.717, 1.165) is 47.1 Å². The Morgan fingerprint density at radius 1 is 1.21 bits per heavy atom. The minimum atomic E-state index is -3.17. The molecule has 0 spiro atoms. The van der Waals surface area contributed by atoms with Gasteiger partial charge in [-0.1, -0.05) is 0 Å². The highest BCUT2D eigenvalue weighted by Crippen LogP contribution is 2.32. The molecule has 6 nitrogen and oxygen atoms in total. The van der Waals surface area contributed by atoms with Crippen LogP contribution in [0, 0.1) is 19.8 Å². The third-order valence-electron chi connectivity index (χ3n) is 5.32. The number of hydrogen-bond donors (Lipinski definition) is 2. The van der Waals surface area contributed by atoms with Crippen molar-refractivity contribution in [2.24, 2.45) is 5.92 Å². The highest BCUT2D eigenvalue weighted by Gasteiger charge is 2.24. The monoisotopic (exact) mass is 422 g/mol. The summed E-state index contributed by atoms with van der Waals surface area (Å²) in [4.78, 5) is 10.4. The molecule has 3 rings (SSSR count). The van der Waals surface area contributed by atoms with Crippen LogP contribution in [0.1, 0.15) is 50.0 Å². The van der Waals surface area contributed by atoms with Gasteiger partial charge in [-0.25, -0.2) is 18.1 Å². The lowest BCUT2D eigenvalue weighted by molar-refractivity contribution is 0.337. The van der Waals surface area contributed by atoms with Crippen LogP contribution in [0.4, 0.5) is 5.13 Å². The summed E-state index contributed by atoms with van der Waals surface area (Å²) in [5.74, 6) is 0.414. The van der Waals surface area contributed by atoms with Gasteiger partial charge in [0.15, 0.2) is 5.13 Å². The molecule has 0 atom stereocenters. The molecule has 0 unspecified atom stereocenters. The SMILES string of the molecule is Cc1ccnc(-c2nc(N[C@H]3CC[C@H](CNS(=O)(=O)C(C)C)CC3)sc2C)c1. The van der Waals surface area contributed by atoms with E-state index in [-0.39, 0.29) is 5.25 Å². The van der Waals surface area contributed by atoms with E-state index in [4.69, 9.17) is 4.98 Å². The van der Waals surface area contributed by atoms with E-state index >= 15 is 0 Å². The molecule has 1 saturated carbocycles. The predicted molar refractivity (Wildman–Crippen MR) is 116 cm³/mol. The van der Waals surface area contributed by atoms with Gasteiger partial charge >= 0.3 is 0 Å². The molecule has 8 heteroatoms. The fourth-order valence-electron chi connectivity index (χ4n) is 3.45. The first-order valence-corrected chi connectivity index (χ1v) is 12.3. The van der Waals surface area contributed by atoms with E-state index in [2.05, 4.69) is 34.9 Å². The number of pyridine rings is 1. The second-order valence-electron chi connectivity index (χ2n) is 7.95. The van der Waals surface area contributed by atoms with Crippen molar-refractivity contribution in [2.75, 3.05) is 11.9 Å². The maximum Gasteiger partial charge on any atom is 0.213 e. The molecule has 2 aromatic heterocycles. The van der Waals surface area contributed by atoms with E-state index in [0.29, 0.717) is 18.5 Å². The molecule has 1 aliphatic rings. The Hall–Kier alpha value is -1.51. The first-order chi connectivity index (χ1) is 13.2. The summed E-state index contributed by atoms with van der Waals surface area (Å²) < 4.78 is 26.6. The molecule has 0 aliphatic heterocycles. The Labute approximate surface area is 172 Å². The lowest BCUT2D eigenvalue weighted by atomic mass is 9.86. The molecule has 0 saturated heterocycles. The van der Waals surface area contributed by atoms with E-state index in [1.54, 1.807) is 25.2 Å². The second kappa shape index (κ2) is 8.88. The number of aromatic nitrogens is 2. The number of rotatable bonds is 7. The number of nitrogens with zero attached hydrogens (tertiary/aromatic N) is 2.